The van der Waals surface area contributed by atoms with Crippen molar-refractivity contribution in [3.8, 4) is 67.3 Å². The number of fused-ring (bicyclic) bond motifs is 16. The van der Waals surface area contributed by atoms with E-state index < -0.39 is 109 Å². The lowest BCUT2D eigenvalue weighted by Gasteiger charge is -2.45. The van der Waals surface area contributed by atoms with Crippen LogP contribution in [0.5, 0.6) is 0 Å². The smallest absolute Gasteiger partial charge is 0.252 e. The van der Waals surface area contributed by atoms with Crippen LogP contribution in [0.25, 0.3) is 154 Å². The van der Waals surface area contributed by atoms with Crippen molar-refractivity contribution in [2.24, 2.45) is 0 Å². The van der Waals surface area contributed by atoms with Crippen molar-refractivity contribution in [1.29, 1.82) is 0 Å². The van der Waals surface area contributed by atoms with Gasteiger partial charge in [0, 0.05) is 99.7 Å². The monoisotopic (exact) mass is 1460 g/mol. The molecule has 0 atom stereocenters. The molecule has 4 aromatic heterocycles. The van der Waals surface area contributed by atoms with E-state index in [0.29, 0.717) is 39.6 Å². The lowest BCUT2D eigenvalue weighted by atomic mass is 9.33. The van der Waals surface area contributed by atoms with Gasteiger partial charge in [0.2, 0.25) is 0 Å². The molecule has 2 aliphatic rings. The van der Waals surface area contributed by atoms with Gasteiger partial charge in [0.25, 0.3) is 6.71 Å². The normalized spacial score (nSPS) is 14.7. The molecule has 0 fully saturated rings. The number of para-hydroxylation sites is 7. The van der Waals surface area contributed by atoms with Crippen molar-refractivity contribution in [3.05, 3.63) is 393 Å². The molecule has 21 aromatic rings. The van der Waals surface area contributed by atoms with Crippen LogP contribution in [-0.2, 0) is 5.41 Å². The predicted octanol–water partition coefficient (Wildman–Crippen LogP) is 26.1. The second kappa shape index (κ2) is 25.1. The molecule has 6 nitrogen and oxygen atoms in total. The van der Waals surface area contributed by atoms with Crippen LogP contribution in [0.1, 0.15) is 48.3 Å². The first-order chi connectivity index (χ1) is 62.4. The molecule has 530 valence electrons. The van der Waals surface area contributed by atoms with Crippen molar-refractivity contribution >= 4 is 144 Å². The lowest BCUT2D eigenvalue weighted by Crippen LogP contribution is -2.61. The summed E-state index contributed by atoms with van der Waals surface area (Å²) < 4.78 is 163. The average molecular weight is 1460 g/mol. The van der Waals surface area contributed by atoms with Crippen LogP contribution in [-0.4, -0.2) is 25.0 Å². The summed E-state index contributed by atoms with van der Waals surface area (Å²) in [5.41, 5.74) is 18.8. The molecular weight excluding hydrogens is 1370 g/mol. The van der Waals surface area contributed by atoms with Gasteiger partial charge in [-0.1, -0.05) is 281 Å². The Morgan fingerprint density at radius 3 is 1.04 bits per heavy atom. The summed E-state index contributed by atoms with van der Waals surface area (Å²) in [4.78, 5) is 4.48. The van der Waals surface area contributed by atoms with E-state index in [2.05, 4.69) is 228 Å². The molecule has 0 radical (unpaired) electrons. The highest BCUT2D eigenvalue weighted by Crippen LogP contribution is 2.54. The topological polar surface area (TPSA) is 26.2 Å². The Labute approximate surface area is 678 Å². The number of hydrogen-bond acceptors (Lipinski definition) is 2. The zero-order valence-electron chi connectivity index (χ0n) is 77.5. The molecule has 17 aromatic carbocycles. The van der Waals surface area contributed by atoms with Gasteiger partial charge in [-0.2, -0.15) is 0 Å². The minimum absolute atomic E-state index is 0.0907. The largest absolute Gasteiger partial charge is 0.311 e. The van der Waals surface area contributed by atoms with Gasteiger partial charge in [-0.05, 0) is 188 Å². The second-order valence-corrected chi connectivity index (χ2v) is 30.4. The maximum absolute atomic E-state index is 10.3. The van der Waals surface area contributed by atoms with Gasteiger partial charge >= 0.3 is 0 Å². The van der Waals surface area contributed by atoms with Crippen molar-refractivity contribution in [1.82, 2.24) is 18.3 Å². The summed E-state index contributed by atoms with van der Waals surface area (Å²) in [6.45, 7) is 5.68. The SMILES string of the molecule is [2H]c1c([2H])c([2H])c2c(c1[2H])c1c([2H])c([2H])c([2H])c([2H])c1n2-c1ccc2c(c1)N(c1c(-c3ccccc3)cc(C(C)(C)C)cc1-c1ccccc1)c1cc(-n3c4c([2H])c([2H])c([2H])c([2H])c4c4c([2H])c([2H])c([2H])c([2H])c43)cc3c1B2c1ccc(-n2c4ccccc4c4cc(-n5c6ccccc6c6ccccc65)ccc42)cc1N3c1cc(-c2ccccc2)cc(-c2ccccc2)c1. The molecule has 6 heterocycles. The Morgan fingerprint density at radius 2 is 0.593 bits per heavy atom. The van der Waals surface area contributed by atoms with E-state index in [1.165, 1.54) is 4.57 Å². The highest BCUT2D eigenvalue weighted by Gasteiger charge is 2.46. The molecule has 0 aliphatic carbocycles. The van der Waals surface area contributed by atoms with Crippen LogP contribution < -0.4 is 26.2 Å². The molecule has 0 spiro atoms. The van der Waals surface area contributed by atoms with Crippen LogP contribution >= 0.6 is 0 Å². The Bertz CT molecular complexity index is 8190. The molecule has 0 saturated carbocycles. The van der Waals surface area contributed by atoms with E-state index >= 15 is 0 Å². The van der Waals surface area contributed by atoms with Gasteiger partial charge in [0.1, 0.15) is 0 Å². The van der Waals surface area contributed by atoms with Gasteiger partial charge in [-0.25, -0.2) is 0 Å². The van der Waals surface area contributed by atoms with Crippen molar-refractivity contribution in [2.45, 2.75) is 26.2 Å². The number of hydrogen-bond donors (Lipinski definition) is 0. The highest BCUT2D eigenvalue weighted by atomic mass is 15.2. The van der Waals surface area contributed by atoms with Gasteiger partial charge < -0.3 is 28.1 Å². The third kappa shape index (κ3) is 9.94. The average Bonchev–Trinajstić information content (AvgIpc) is 1.68. The Kier molecular flexibility index (Phi) is 11.2. The first-order valence-corrected chi connectivity index (χ1v) is 38.0. The third-order valence-corrected chi connectivity index (χ3v) is 23.1. The second-order valence-electron chi connectivity index (χ2n) is 30.4. The van der Waals surface area contributed by atoms with E-state index in [1.807, 2.05) is 103 Å². The summed E-state index contributed by atoms with van der Waals surface area (Å²) in [6, 6.07) is 91.1. The maximum Gasteiger partial charge on any atom is 0.252 e. The Balaban J connectivity index is 0.922. The minimum atomic E-state index is -0.822. The van der Waals surface area contributed by atoms with E-state index in [0.717, 1.165) is 116 Å². The van der Waals surface area contributed by atoms with E-state index in [9.17, 15) is 21.9 Å². The first-order valence-electron chi connectivity index (χ1n) is 46.0. The highest BCUT2D eigenvalue weighted by molar-refractivity contribution is 7.00. The summed E-state index contributed by atoms with van der Waals surface area (Å²) in [7, 11) is 0. The van der Waals surface area contributed by atoms with Gasteiger partial charge in [-0.3, -0.25) is 0 Å². The van der Waals surface area contributed by atoms with Crippen LogP contribution in [0, 0.1) is 0 Å². The molecule has 23 rings (SSSR count). The molecule has 2 aliphatic heterocycles. The quantitative estimate of drug-likeness (QED) is 0.128. The van der Waals surface area contributed by atoms with Gasteiger partial charge in [0.05, 0.1) is 77.4 Å². The minimum Gasteiger partial charge on any atom is -0.311 e. The summed E-state index contributed by atoms with van der Waals surface area (Å²) >= 11 is 0. The van der Waals surface area contributed by atoms with Crippen LogP contribution in [0.15, 0.2) is 388 Å². The number of aromatic nitrogens is 4. The number of anilines is 6. The maximum atomic E-state index is 10.3. The molecule has 0 N–H and O–H groups in total. The molecule has 0 bridgehead atoms. The summed E-state index contributed by atoms with van der Waals surface area (Å²) in [6.07, 6.45) is 0. The summed E-state index contributed by atoms with van der Waals surface area (Å²) in [5.74, 6) is 0. The van der Waals surface area contributed by atoms with Crippen LogP contribution in [0.3, 0.4) is 0 Å². The molecular formula is C106H73BN6. The molecule has 0 saturated heterocycles. The lowest BCUT2D eigenvalue weighted by molar-refractivity contribution is 0.591. The van der Waals surface area contributed by atoms with Crippen LogP contribution in [0.4, 0.5) is 34.1 Å². The standard InChI is InChI=1S/C106H73BN6/c1-106(2,3)74-61-87(70-34-12-6-13-35-70)105(88(62-74)71-36-14-7-15-37-71)113-101-65-77(109-94-47-25-18-40-82(94)83-41-19-26-48-95(83)109)53-56-91(101)107-90-55-52-76(110-98-51-29-22-44-86(98)89-63-75(54-57-99(89)110)108-92-45-23-16-38-80(92)81-39-17-24-46-93(81)108)64-100(90)112(78-59-72(68-30-8-4-9-31-68)58-73(60-78)69-32-10-5-11-33-69)102-66-79(67-103(113)104(102)107)111-96-49-27-20-42-84(96)85-43-21-28-50-97(85)111/h4-67H,1-3H3/i18D,19D,20D,21D,25D,26D,27D,28D,40D,41D,42D,43D,47D,48D,49D,50D. The van der Waals surface area contributed by atoms with E-state index in [-0.39, 0.29) is 55.0 Å². The molecule has 0 unspecified atom stereocenters. The van der Waals surface area contributed by atoms with E-state index in [4.69, 9.17) is 0 Å². The Hall–Kier alpha value is -14.4. The number of nitrogens with zero attached hydrogens (tertiary/aromatic N) is 6. The Morgan fingerprint density at radius 1 is 0.248 bits per heavy atom. The third-order valence-electron chi connectivity index (χ3n) is 23.1. The zero-order chi connectivity index (χ0) is 88.7. The predicted molar refractivity (Wildman–Crippen MR) is 478 cm³/mol. The fourth-order valence-corrected chi connectivity index (χ4v) is 18.1. The first kappa shape index (κ1) is 50.3. The molecule has 0 amide bonds. The fourth-order valence-electron chi connectivity index (χ4n) is 18.1. The van der Waals surface area contributed by atoms with Crippen molar-refractivity contribution in [2.75, 3.05) is 9.80 Å². The number of benzene rings is 17. The molecule has 7 heteroatoms. The van der Waals surface area contributed by atoms with Gasteiger partial charge in [0.15, 0.2) is 0 Å². The van der Waals surface area contributed by atoms with Crippen molar-refractivity contribution < 1.29 is 21.9 Å². The zero-order valence-corrected chi connectivity index (χ0v) is 61.5. The number of rotatable bonds is 10. The fraction of sp³-hybridized carbons (Fsp3) is 0.0377. The van der Waals surface area contributed by atoms with Crippen molar-refractivity contribution in [3.63, 3.8) is 0 Å². The summed E-state index contributed by atoms with van der Waals surface area (Å²) in [5, 5.41) is 3.80. The van der Waals surface area contributed by atoms with Gasteiger partial charge in [-0.15, -0.1) is 0 Å². The molecule has 113 heavy (non-hydrogen) atoms. The van der Waals surface area contributed by atoms with Crippen LogP contribution in [0.2, 0.25) is 0 Å². The van der Waals surface area contributed by atoms with E-state index in [1.54, 1.807) is 4.57 Å².